The molecule has 4 aromatic heterocycles. The third kappa shape index (κ3) is 14.3. The third-order valence-electron chi connectivity index (χ3n) is 20.0. The number of nitrogens with two attached hydrogens (primary N) is 1. The first kappa shape index (κ1) is 67.6. The van der Waals surface area contributed by atoms with Gasteiger partial charge in [-0.2, -0.15) is 10.2 Å². The summed E-state index contributed by atoms with van der Waals surface area (Å²) in [6.07, 6.45) is 15.9. The lowest BCUT2D eigenvalue weighted by molar-refractivity contribution is -0.139. The van der Waals surface area contributed by atoms with Crippen molar-refractivity contribution in [1.82, 2.24) is 39.3 Å². The summed E-state index contributed by atoms with van der Waals surface area (Å²) < 4.78 is 4.25. The minimum Gasteiger partial charge on any atom is -0.388 e. The van der Waals surface area contributed by atoms with Crippen LogP contribution in [0, 0.1) is 38.5 Å². The number of aromatic nitrogens is 6. The molecule has 18 nitrogen and oxygen atoms in total. The van der Waals surface area contributed by atoms with Crippen LogP contribution in [-0.4, -0.2) is 124 Å². The second-order valence-corrected chi connectivity index (χ2v) is 27.1. The number of halogens is 2. The number of carbonyl (C=O) groups excluding carboxylic acids is 8. The SMILES string of the molecule is CC(=O)c1nn2c3c(cc(Br)cc13)CCCCCCC(=O)CC[C@@]13C[C@@H](C(=O)Cc4nc(C)ccc4C)N(C(=O)C2)[C@@H]1C3.CN.CNc1cc2c3c(c1)c(C(C)=O)nn3CC(=O)N1[C@H](C(=O)Cc3nc(C)ccc3C)C[C@@]3(CCC(=O)CCCCCC2)C[C@@H]13.Cl. The first-order valence-electron chi connectivity index (χ1n) is 32.2. The van der Waals surface area contributed by atoms with Gasteiger partial charge in [-0.15, -0.1) is 12.4 Å². The van der Waals surface area contributed by atoms with Gasteiger partial charge in [-0.1, -0.05) is 53.7 Å². The summed E-state index contributed by atoms with van der Waals surface area (Å²) >= 11 is 3.61. The zero-order valence-corrected chi connectivity index (χ0v) is 56.0. The summed E-state index contributed by atoms with van der Waals surface area (Å²) in [5.41, 5.74) is 14.5. The van der Waals surface area contributed by atoms with Gasteiger partial charge in [0.2, 0.25) is 11.8 Å². The monoisotopic (exact) mass is 1310 g/mol. The number of pyridine rings is 2. The summed E-state index contributed by atoms with van der Waals surface area (Å²) in [7, 11) is 3.35. The number of carbonyl (C=O) groups is 8. The van der Waals surface area contributed by atoms with Crippen LogP contribution in [-0.2, 0) is 67.5 Å². The van der Waals surface area contributed by atoms with Crippen LogP contribution in [0.2, 0.25) is 0 Å². The molecule has 4 bridgehead atoms. The van der Waals surface area contributed by atoms with Crippen molar-refractivity contribution in [2.24, 2.45) is 16.6 Å². The minimum atomic E-state index is -0.568. The highest BCUT2D eigenvalue weighted by Crippen LogP contribution is 2.64. The molecule has 4 fully saturated rings. The zero-order valence-electron chi connectivity index (χ0n) is 53.6. The molecule has 480 valence electrons. The first-order chi connectivity index (χ1) is 42.7. The van der Waals surface area contributed by atoms with E-state index in [2.05, 4.69) is 54.2 Å². The molecule has 12 rings (SSSR count). The number of amides is 2. The number of benzene rings is 2. The fourth-order valence-electron chi connectivity index (χ4n) is 15.0. The maximum absolute atomic E-state index is 14.3. The van der Waals surface area contributed by atoms with Gasteiger partial charge in [0, 0.05) is 91.0 Å². The van der Waals surface area contributed by atoms with Gasteiger partial charge in [0.25, 0.3) is 0 Å². The average Bonchev–Trinajstić information content (AvgIpc) is 1.55. The van der Waals surface area contributed by atoms with E-state index in [1.54, 1.807) is 19.2 Å². The lowest BCUT2D eigenvalue weighted by Crippen LogP contribution is -2.45. The normalized spacial score (nSPS) is 23.7. The lowest BCUT2D eigenvalue weighted by atomic mass is 9.90. The van der Waals surface area contributed by atoms with Crippen molar-refractivity contribution in [3.8, 4) is 0 Å². The summed E-state index contributed by atoms with van der Waals surface area (Å²) in [6, 6.07) is 14.5. The Morgan fingerprint density at radius 2 is 0.978 bits per heavy atom. The van der Waals surface area contributed by atoms with Crippen LogP contribution in [0.3, 0.4) is 0 Å². The van der Waals surface area contributed by atoms with Crippen LogP contribution in [0.1, 0.15) is 195 Å². The second kappa shape index (κ2) is 28.4. The van der Waals surface area contributed by atoms with E-state index in [1.165, 1.54) is 20.9 Å². The number of Topliss-reactive ketones (excluding diaryl/α,β-unsaturated/α-hetero) is 6. The van der Waals surface area contributed by atoms with Crippen molar-refractivity contribution in [2.75, 3.05) is 19.4 Å². The number of hydrogen-bond acceptors (Lipinski definition) is 14. The van der Waals surface area contributed by atoms with Gasteiger partial charge in [0.05, 0.1) is 47.3 Å². The smallest absolute Gasteiger partial charge is 0.245 e. The Morgan fingerprint density at radius 1 is 0.567 bits per heavy atom. The number of piperidine rings is 2. The second-order valence-electron chi connectivity index (χ2n) is 26.2. The lowest BCUT2D eigenvalue weighted by Gasteiger charge is -2.27. The van der Waals surface area contributed by atoms with Gasteiger partial charge in [-0.05, 0) is 181 Å². The molecule has 8 heterocycles. The van der Waals surface area contributed by atoms with Gasteiger partial charge >= 0.3 is 0 Å². The predicted octanol–water partition coefficient (Wildman–Crippen LogP) is 11.4. The summed E-state index contributed by atoms with van der Waals surface area (Å²) in [6.45, 7) is 10.7. The van der Waals surface area contributed by atoms with Gasteiger partial charge in [-0.3, -0.25) is 57.7 Å². The summed E-state index contributed by atoms with van der Waals surface area (Å²) in [4.78, 5) is 120. The molecular formula is C70H88BrClN10O8. The molecule has 2 saturated carbocycles. The van der Waals surface area contributed by atoms with E-state index in [9.17, 15) is 38.4 Å². The van der Waals surface area contributed by atoms with Crippen molar-refractivity contribution in [2.45, 2.75) is 220 Å². The highest BCUT2D eigenvalue weighted by Gasteiger charge is 2.67. The van der Waals surface area contributed by atoms with Crippen LogP contribution < -0.4 is 11.1 Å². The topological polar surface area (TPSA) is 243 Å². The van der Waals surface area contributed by atoms with Crippen molar-refractivity contribution >= 4 is 102 Å². The molecule has 90 heavy (non-hydrogen) atoms. The molecule has 6 aromatic rings. The van der Waals surface area contributed by atoms with Crippen LogP contribution in [0.5, 0.6) is 0 Å². The number of rotatable bonds is 9. The van der Waals surface area contributed by atoms with Crippen LogP contribution in [0.25, 0.3) is 21.8 Å². The Morgan fingerprint density at radius 3 is 1.40 bits per heavy atom. The van der Waals surface area contributed by atoms with E-state index < -0.39 is 12.1 Å². The molecule has 6 atom stereocenters. The minimum absolute atomic E-state index is 0. The van der Waals surface area contributed by atoms with Gasteiger partial charge < -0.3 is 20.9 Å². The van der Waals surface area contributed by atoms with E-state index >= 15 is 0 Å². The molecule has 6 aliphatic rings. The van der Waals surface area contributed by atoms with E-state index in [0.29, 0.717) is 62.8 Å². The molecular weight excluding hydrogens is 1220 g/mol. The highest BCUT2D eigenvalue weighted by atomic mass is 79.9. The fraction of sp³-hybridized carbons (Fsp3) is 0.543. The maximum Gasteiger partial charge on any atom is 0.245 e. The quantitative estimate of drug-likeness (QED) is 0.128. The fourth-order valence-corrected chi connectivity index (χ4v) is 15.5. The Hall–Kier alpha value is -6.83. The first-order valence-corrected chi connectivity index (χ1v) is 33.0. The number of hydrogen-bond donors (Lipinski definition) is 2. The van der Waals surface area contributed by atoms with Crippen molar-refractivity contribution in [3.63, 3.8) is 0 Å². The van der Waals surface area contributed by atoms with E-state index in [4.69, 9.17) is 5.10 Å². The van der Waals surface area contributed by atoms with Gasteiger partial charge in [0.1, 0.15) is 36.0 Å². The third-order valence-corrected chi connectivity index (χ3v) is 20.4. The molecule has 2 aliphatic carbocycles. The number of aryl methyl sites for hydroxylation is 6. The summed E-state index contributed by atoms with van der Waals surface area (Å²) in [5, 5.41) is 14.1. The van der Waals surface area contributed by atoms with Crippen LogP contribution in [0.4, 0.5) is 5.69 Å². The Kier molecular flexibility index (Phi) is 21.3. The molecule has 0 radical (unpaired) electrons. The molecule has 2 aromatic carbocycles. The summed E-state index contributed by atoms with van der Waals surface area (Å²) in [5.74, 6) is -0.0976. The standard InChI is InChI=1S/C35H43N5O4.C34H39BrN4O4.CH5N.ClH/c1-21-11-12-22(2)37-28(21)17-30(43)29-18-35-14-13-26(42)10-8-6-5-7-9-24-15-25(36-4)16-27-33(23(3)41)38-39(34(24)27)20-32(44)40(29)31(35)19-35;1-20-10-11-21(2)36-27(20)16-29(42)28-17-34-13-12-25(41)9-7-5-4-6-8-23-14-24(35)15-26-32(22(3)40)37-38(33(23)26)19-31(43)39(28)30(34)18-34;1-2;/h11-12,15-16,29,31,36H,5-10,13-14,17-20H2,1-4H3;10-11,14-15,28,30H,4-9,12-13,16-19H2,1-3H3;2H2,1H3;1H/t29-,31+,35-;28-,30+,34-;;/m00../s1. The van der Waals surface area contributed by atoms with E-state index in [-0.39, 0.29) is 108 Å². The largest absolute Gasteiger partial charge is 0.388 e. The van der Waals surface area contributed by atoms with Gasteiger partial charge in [-0.25, -0.2) is 0 Å². The number of anilines is 1. The van der Waals surface area contributed by atoms with Crippen molar-refractivity contribution in [3.05, 3.63) is 109 Å². The Bertz CT molecular complexity index is 3800. The zero-order chi connectivity index (χ0) is 63.6. The number of nitrogens with zero attached hydrogens (tertiary/aromatic N) is 8. The Labute approximate surface area is 542 Å². The number of ketones is 6. The highest BCUT2D eigenvalue weighted by molar-refractivity contribution is 9.10. The molecule has 20 heteroatoms. The van der Waals surface area contributed by atoms with Gasteiger partial charge in [0.15, 0.2) is 23.1 Å². The molecule has 0 spiro atoms. The predicted molar refractivity (Wildman–Crippen MR) is 353 cm³/mol. The van der Waals surface area contributed by atoms with Crippen molar-refractivity contribution < 1.29 is 38.4 Å². The average molecular weight is 1310 g/mol. The Balaban J connectivity index is 0.000000206. The molecule has 0 unspecified atom stereocenters. The maximum atomic E-state index is 14.3. The molecule has 2 amide bonds. The van der Waals surface area contributed by atoms with Crippen LogP contribution in [0.15, 0.2) is 53.0 Å². The van der Waals surface area contributed by atoms with Crippen molar-refractivity contribution in [1.29, 1.82) is 0 Å². The van der Waals surface area contributed by atoms with E-state index in [1.807, 2.05) is 71.1 Å². The van der Waals surface area contributed by atoms with Crippen LogP contribution >= 0.6 is 28.3 Å². The molecule has 3 N–H and O–H groups in total. The van der Waals surface area contributed by atoms with E-state index in [0.717, 1.165) is 154 Å². The molecule has 2 saturated heterocycles. The molecule has 4 aliphatic heterocycles. The number of nitrogens with one attached hydrogen (secondary N) is 1.